The third-order valence-electron chi connectivity index (χ3n) is 3.19. The molecule has 5 heteroatoms. The second-order valence-corrected chi connectivity index (χ2v) is 5.56. The number of nitrogens with zero attached hydrogens (tertiary/aromatic N) is 2. The van der Waals surface area contributed by atoms with Gasteiger partial charge in [0, 0.05) is 30.5 Å². The zero-order chi connectivity index (χ0) is 13.0. The highest BCUT2D eigenvalue weighted by atomic mass is 32.1. The van der Waals surface area contributed by atoms with Crippen molar-refractivity contribution in [1.82, 2.24) is 0 Å². The lowest BCUT2D eigenvalue weighted by Gasteiger charge is -2.27. The smallest absolute Gasteiger partial charge is 0.247 e. The predicted molar refractivity (Wildman–Crippen MR) is 75.6 cm³/mol. The van der Waals surface area contributed by atoms with Crippen molar-refractivity contribution >= 4 is 22.4 Å². The maximum atomic E-state index is 10.8. The van der Waals surface area contributed by atoms with Gasteiger partial charge in [0.15, 0.2) is 0 Å². The first kappa shape index (κ1) is 13.1. The van der Waals surface area contributed by atoms with Crippen LogP contribution in [0.4, 0.5) is 5.00 Å². The van der Waals surface area contributed by atoms with Gasteiger partial charge in [0.25, 0.3) is 0 Å². The Morgan fingerprint density at radius 3 is 2.78 bits per heavy atom. The van der Waals surface area contributed by atoms with Gasteiger partial charge in [0.05, 0.1) is 9.92 Å². The van der Waals surface area contributed by atoms with Gasteiger partial charge in [-0.25, -0.2) is 0 Å². The van der Waals surface area contributed by atoms with Crippen LogP contribution < -0.4 is 4.90 Å². The van der Waals surface area contributed by atoms with E-state index in [-0.39, 0.29) is 10.6 Å². The fraction of sp³-hybridized carbons (Fsp3) is 0.538. The van der Waals surface area contributed by atoms with Gasteiger partial charge in [-0.1, -0.05) is 6.92 Å². The summed E-state index contributed by atoms with van der Waals surface area (Å²) in [6, 6.07) is 4.06. The van der Waals surface area contributed by atoms with Crippen LogP contribution in [0.2, 0.25) is 0 Å². The first-order valence-electron chi connectivity index (χ1n) is 6.40. The van der Waals surface area contributed by atoms with Crippen molar-refractivity contribution in [3.8, 4) is 0 Å². The maximum Gasteiger partial charge on any atom is 0.247 e. The quantitative estimate of drug-likeness (QED) is 0.615. The Bertz CT molecular complexity index is 448. The summed E-state index contributed by atoms with van der Waals surface area (Å²) < 4.78 is 0. The minimum atomic E-state index is -0.291. The molecule has 1 aliphatic heterocycles. The molecule has 0 atom stereocenters. The van der Waals surface area contributed by atoms with Crippen LogP contribution in [0.1, 0.15) is 37.5 Å². The standard InChI is InChI=1S/C13H18N2O2S/c1-2-11(15(16)17)10-12-6-7-13(18-12)14-8-4-3-5-9-14/h6-7,10H,2-5,8-9H2,1H3. The highest BCUT2D eigenvalue weighted by Crippen LogP contribution is 2.30. The molecule has 0 aromatic carbocycles. The minimum absolute atomic E-state index is 0.280. The number of anilines is 1. The van der Waals surface area contributed by atoms with Gasteiger partial charge in [-0.3, -0.25) is 10.1 Å². The van der Waals surface area contributed by atoms with E-state index in [0.29, 0.717) is 6.42 Å². The van der Waals surface area contributed by atoms with Gasteiger partial charge in [0.2, 0.25) is 5.70 Å². The molecule has 98 valence electrons. The molecule has 0 bridgehead atoms. The van der Waals surface area contributed by atoms with E-state index in [0.717, 1.165) is 18.0 Å². The summed E-state index contributed by atoms with van der Waals surface area (Å²) in [7, 11) is 0. The summed E-state index contributed by atoms with van der Waals surface area (Å²) in [5, 5.41) is 12.0. The van der Waals surface area contributed by atoms with E-state index in [1.807, 2.05) is 13.0 Å². The van der Waals surface area contributed by atoms with Crippen LogP contribution in [0, 0.1) is 10.1 Å². The second-order valence-electron chi connectivity index (χ2n) is 4.47. The average molecular weight is 266 g/mol. The van der Waals surface area contributed by atoms with Crippen molar-refractivity contribution < 1.29 is 4.92 Å². The van der Waals surface area contributed by atoms with Crippen LogP contribution in [0.25, 0.3) is 6.08 Å². The Morgan fingerprint density at radius 2 is 2.17 bits per heavy atom. The Kier molecular flexibility index (Phi) is 4.36. The zero-order valence-corrected chi connectivity index (χ0v) is 11.4. The summed E-state index contributed by atoms with van der Waals surface area (Å²) in [6.07, 6.45) is 5.97. The van der Waals surface area contributed by atoms with Gasteiger partial charge in [-0.2, -0.15) is 0 Å². The Balaban J connectivity index is 2.12. The largest absolute Gasteiger partial charge is 0.363 e. The molecule has 2 heterocycles. The molecule has 0 saturated carbocycles. The van der Waals surface area contributed by atoms with Crippen LogP contribution >= 0.6 is 11.3 Å². The summed E-state index contributed by atoms with van der Waals surface area (Å²) in [5.74, 6) is 0. The van der Waals surface area contributed by atoms with E-state index in [2.05, 4.69) is 11.0 Å². The predicted octanol–water partition coefficient (Wildman–Crippen LogP) is 3.77. The van der Waals surface area contributed by atoms with Crippen molar-refractivity contribution in [1.29, 1.82) is 0 Å². The molecule has 1 aromatic heterocycles. The number of thiophene rings is 1. The van der Waals surface area contributed by atoms with Crippen molar-refractivity contribution in [3.05, 3.63) is 32.8 Å². The first-order chi connectivity index (χ1) is 8.70. The second kappa shape index (κ2) is 6.00. The number of allylic oxidation sites excluding steroid dienone is 1. The number of hydrogen-bond acceptors (Lipinski definition) is 4. The van der Waals surface area contributed by atoms with Gasteiger partial charge >= 0.3 is 0 Å². The molecule has 1 aliphatic rings. The van der Waals surface area contributed by atoms with E-state index in [1.165, 1.54) is 24.3 Å². The monoisotopic (exact) mass is 266 g/mol. The van der Waals surface area contributed by atoms with Crippen LogP contribution in [0.3, 0.4) is 0 Å². The molecule has 0 unspecified atom stereocenters. The zero-order valence-electron chi connectivity index (χ0n) is 10.6. The molecule has 4 nitrogen and oxygen atoms in total. The van der Waals surface area contributed by atoms with Crippen molar-refractivity contribution in [2.24, 2.45) is 0 Å². The average Bonchev–Trinajstić information content (AvgIpc) is 2.85. The third kappa shape index (κ3) is 3.10. The van der Waals surface area contributed by atoms with Crippen LogP contribution in [0.15, 0.2) is 17.8 Å². The molecular formula is C13H18N2O2S. The molecule has 0 aliphatic carbocycles. The molecule has 1 saturated heterocycles. The van der Waals surface area contributed by atoms with Crippen molar-refractivity contribution in [2.75, 3.05) is 18.0 Å². The summed E-state index contributed by atoms with van der Waals surface area (Å²) in [5.41, 5.74) is 0.280. The lowest BCUT2D eigenvalue weighted by atomic mass is 10.1. The minimum Gasteiger partial charge on any atom is -0.363 e. The highest BCUT2D eigenvalue weighted by Gasteiger charge is 2.14. The Labute approximate surface area is 111 Å². The van der Waals surface area contributed by atoms with E-state index >= 15 is 0 Å². The van der Waals surface area contributed by atoms with Gasteiger partial charge in [-0.15, -0.1) is 11.3 Å². The number of rotatable bonds is 4. The SMILES string of the molecule is CCC(=Cc1ccc(N2CCCCC2)s1)[N+](=O)[O-]. The number of nitro groups is 1. The fourth-order valence-corrected chi connectivity index (χ4v) is 3.17. The van der Waals surface area contributed by atoms with Gasteiger partial charge in [0.1, 0.15) is 0 Å². The van der Waals surface area contributed by atoms with Crippen LogP contribution in [0.5, 0.6) is 0 Å². The Morgan fingerprint density at radius 1 is 1.44 bits per heavy atom. The van der Waals surface area contributed by atoms with E-state index in [4.69, 9.17) is 0 Å². The maximum absolute atomic E-state index is 10.8. The molecule has 1 aromatic rings. The van der Waals surface area contributed by atoms with Gasteiger partial charge < -0.3 is 4.90 Å². The van der Waals surface area contributed by atoms with Crippen LogP contribution in [-0.4, -0.2) is 18.0 Å². The lowest BCUT2D eigenvalue weighted by Crippen LogP contribution is -2.28. The number of hydrogen-bond donors (Lipinski definition) is 0. The molecule has 2 rings (SSSR count). The molecule has 18 heavy (non-hydrogen) atoms. The summed E-state index contributed by atoms with van der Waals surface area (Å²) in [6.45, 7) is 4.03. The fourth-order valence-electron chi connectivity index (χ4n) is 2.15. The topological polar surface area (TPSA) is 46.4 Å². The van der Waals surface area contributed by atoms with Crippen molar-refractivity contribution in [2.45, 2.75) is 32.6 Å². The van der Waals surface area contributed by atoms with E-state index < -0.39 is 0 Å². The molecule has 0 amide bonds. The summed E-state index contributed by atoms with van der Waals surface area (Å²) >= 11 is 1.65. The first-order valence-corrected chi connectivity index (χ1v) is 7.22. The molecule has 0 spiro atoms. The van der Waals surface area contributed by atoms with Crippen LogP contribution in [-0.2, 0) is 0 Å². The van der Waals surface area contributed by atoms with E-state index in [1.54, 1.807) is 17.4 Å². The third-order valence-corrected chi connectivity index (χ3v) is 4.28. The normalized spacial score (nSPS) is 16.9. The molecule has 1 fully saturated rings. The van der Waals surface area contributed by atoms with Gasteiger partial charge in [-0.05, 0) is 31.4 Å². The Hall–Kier alpha value is -1.36. The summed E-state index contributed by atoms with van der Waals surface area (Å²) in [4.78, 5) is 13.8. The number of piperidine rings is 1. The molecule has 0 N–H and O–H groups in total. The lowest BCUT2D eigenvalue weighted by molar-refractivity contribution is -0.425. The molecular weight excluding hydrogens is 248 g/mol. The van der Waals surface area contributed by atoms with Crippen molar-refractivity contribution in [3.63, 3.8) is 0 Å². The highest BCUT2D eigenvalue weighted by molar-refractivity contribution is 7.16. The molecule has 0 radical (unpaired) electrons. The van der Waals surface area contributed by atoms with E-state index in [9.17, 15) is 10.1 Å².